The van der Waals surface area contributed by atoms with Crippen LogP contribution in [-0.4, -0.2) is 61.8 Å². The predicted octanol–water partition coefficient (Wildman–Crippen LogP) is 2.36. The van der Waals surface area contributed by atoms with Crippen molar-refractivity contribution in [2.45, 2.75) is 31.7 Å². The van der Waals surface area contributed by atoms with Crippen LogP contribution in [-0.2, 0) is 25.6 Å². The summed E-state index contributed by atoms with van der Waals surface area (Å²) in [7, 11) is 0. The Labute approximate surface area is 226 Å². The van der Waals surface area contributed by atoms with Gasteiger partial charge in [-0.05, 0) is 60.6 Å². The van der Waals surface area contributed by atoms with Crippen LogP contribution in [0.3, 0.4) is 0 Å². The lowest BCUT2D eigenvalue weighted by Crippen LogP contribution is -2.63. The first-order valence-electron chi connectivity index (χ1n) is 12.7. The van der Waals surface area contributed by atoms with Crippen molar-refractivity contribution in [2.75, 3.05) is 32.8 Å². The maximum Gasteiger partial charge on any atom is 0.261 e. The number of amides is 3. The van der Waals surface area contributed by atoms with Gasteiger partial charge in [-0.15, -0.1) is 11.3 Å². The van der Waals surface area contributed by atoms with Gasteiger partial charge in [0.25, 0.3) is 5.91 Å². The van der Waals surface area contributed by atoms with Crippen LogP contribution in [0, 0.1) is 0 Å². The van der Waals surface area contributed by atoms with Gasteiger partial charge in [-0.1, -0.05) is 53.7 Å². The van der Waals surface area contributed by atoms with Gasteiger partial charge in [0.1, 0.15) is 5.54 Å². The van der Waals surface area contributed by atoms with Crippen LogP contribution in [0.4, 0.5) is 0 Å². The number of fused-ring (bicyclic) bond motifs is 1. The Balaban J connectivity index is 1.24. The van der Waals surface area contributed by atoms with Crippen LogP contribution >= 0.6 is 11.3 Å². The maximum atomic E-state index is 13.1. The molecule has 0 bridgehead atoms. The summed E-state index contributed by atoms with van der Waals surface area (Å²) >= 11 is 1.54. The van der Waals surface area contributed by atoms with Crippen LogP contribution in [0.15, 0.2) is 65.1 Å². The van der Waals surface area contributed by atoms with Gasteiger partial charge in [0.15, 0.2) is 6.61 Å². The van der Waals surface area contributed by atoms with Crippen LogP contribution in [0.1, 0.15) is 30.2 Å². The summed E-state index contributed by atoms with van der Waals surface area (Å²) in [4.78, 5) is 44.5. The number of carbonyl (C=O) groups is 3. The number of piperidine rings is 1. The van der Waals surface area contributed by atoms with E-state index in [1.165, 1.54) is 11.3 Å². The summed E-state index contributed by atoms with van der Waals surface area (Å²) in [5.74, 6) is -0.793. The average Bonchev–Trinajstić information content (AvgIpc) is 3.47. The molecule has 0 radical (unpaired) electrons. The zero-order valence-corrected chi connectivity index (χ0v) is 22.2. The predicted molar refractivity (Wildman–Crippen MR) is 149 cm³/mol. The lowest BCUT2D eigenvalue weighted by atomic mass is 9.87. The summed E-state index contributed by atoms with van der Waals surface area (Å²) in [5.41, 5.74) is 0.605. The number of nitrogens with zero attached hydrogens (tertiary/aromatic N) is 1. The van der Waals surface area contributed by atoms with Crippen molar-refractivity contribution < 1.29 is 19.2 Å². The minimum atomic E-state index is -1.04. The number of nitrogens with one attached hydrogen (secondary N) is 4. The lowest BCUT2D eigenvalue weighted by molar-refractivity contribution is -0.136. The van der Waals surface area contributed by atoms with E-state index in [1.807, 2.05) is 66.9 Å². The van der Waals surface area contributed by atoms with E-state index in [0.29, 0.717) is 31.6 Å². The maximum absolute atomic E-state index is 13.1. The highest BCUT2D eigenvalue weighted by Crippen LogP contribution is 2.20. The highest BCUT2D eigenvalue weighted by Gasteiger charge is 2.40. The Kier molecular flexibility index (Phi) is 9.45. The molecule has 3 amide bonds. The summed E-state index contributed by atoms with van der Waals surface area (Å²) in [6, 6.07) is 17.7. The van der Waals surface area contributed by atoms with E-state index in [4.69, 9.17) is 4.84 Å². The minimum absolute atomic E-state index is 0.115. The molecule has 0 saturated carbocycles. The Morgan fingerprint density at radius 2 is 1.74 bits per heavy atom. The molecule has 38 heavy (non-hydrogen) atoms. The Hall–Kier alpha value is -3.76. The van der Waals surface area contributed by atoms with Gasteiger partial charge in [0, 0.05) is 13.1 Å². The molecule has 1 aromatic heterocycles. The van der Waals surface area contributed by atoms with Crippen molar-refractivity contribution >= 4 is 45.5 Å². The molecule has 1 saturated heterocycles. The molecule has 2 heterocycles. The van der Waals surface area contributed by atoms with Gasteiger partial charge in [0.05, 0.1) is 17.0 Å². The molecule has 0 spiro atoms. The summed E-state index contributed by atoms with van der Waals surface area (Å²) in [6.45, 7) is 3.28. The highest BCUT2D eigenvalue weighted by molar-refractivity contribution is 7.12. The molecule has 1 aliphatic heterocycles. The first kappa shape index (κ1) is 27.3. The lowest BCUT2D eigenvalue weighted by Gasteiger charge is -2.36. The SMILES string of the molecule is C/C(=N/OCC(=O)NC1(C(=O)NCCNC(=O)Cc2cccc3ccccc23)CCNCC1)c1cccs1. The second-order valence-electron chi connectivity index (χ2n) is 9.23. The van der Waals surface area contributed by atoms with Crippen molar-refractivity contribution in [3.05, 3.63) is 70.4 Å². The first-order chi connectivity index (χ1) is 18.5. The van der Waals surface area contributed by atoms with Crippen molar-refractivity contribution in [1.29, 1.82) is 0 Å². The second-order valence-corrected chi connectivity index (χ2v) is 10.2. The number of benzene rings is 2. The number of hydrogen-bond donors (Lipinski definition) is 4. The van der Waals surface area contributed by atoms with Crippen molar-refractivity contribution in [1.82, 2.24) is 21.3 Å². The van der Waals surface area contributed by atoms with Gasteiger partial charge in [0.2, 0.25) is 11.8 Å². The summed E-state index contributed by atoms with van der Waals surface area (Å²) in [6.07, 6.45) is 1.17. The number of thiophene rings is 1. The minimum Gasteiger partial charge on any atom is -0.385 e. The summed E-state index contributed by atoms with van der Waals surface area (Å²) < 4.78 is 0. The third kappa shape index (κ3) is 7.17. The van der Waals surface area contributed by atoms with Gasteiger partial charge in [-0.2, -0.15) is 0 Å². The second kappa shape index (κ2) is 13.2. The highest BCUT2D eigenvalue weighted by atomic mass is 32.1. The van der Waals surface area contributed by atoms with Gasteiger partial charge in [-0.25, -0.2) is 0 Å². The molecular weight excluding hydrogens is 502 g/mol. The number of oxime groups is 1. The van der Waals surface area contributed by atoms with Crippen LogP contribution < -0.4 is 21.3 Å². The van der Waals surface area contributed by atoms with Crippen molar-refractivity contribution in [3.63, 3.8) is 0 Å². The molecule has 0 unspecified atom stereocenters. The van der Waals surface area contributed by atoms with E-state index in [2.05, 4.69) is 26.4 Å². The van der Waals surface area contributed by atoms with Crippen LogP contribution in [0.25, 0.3) is 10.8 Å². The van der Waals surface area contributed by atoms with E-state index in [9.17, 15) is 14.4 Å². The molecule has 0 atom stereocenters. The normalized spacial score (nSPS) is 15.0. The molecule has 1 aliphatic rings. The third-order valence-corrected chi connectivity index (χ3v) is 7.49. The molecule has 4 rings (SSSR count). The molecule has 0 aliphatic carbocycles. The number of hydrogen-bond acceptors (Lipinski definition) is 7. The zero-order valence-electron chi connectivity index (χ0n) is 21.4. The molecule has 9 nitrogen and oxygen atoms in total. The monoisotopic (exact) mass is 535 g/mol. The Bertz CT molecular complexity index is 1280. The van der Waals surface area contributed by atoms with Gasteiger partial charge >= 0.3 is 0 Å². The standard InChI is InChI=1S/C28H33N5O4S/c1-20(24-10-5-17-38-24)33-37-19-26(35)32-28(11-13-29-14-12-28)27(36)31-16-15-30-25(34)18-22-8-4-7-21-6-2-3-9-23(21)22/h2-10,17,29H,11-16,18-19H2,1H3,(H,30,34)(H,31,36)(H,32,35)/b33-20-. The molecule has 1 fully saturated rings. The van der Waals surface area contributed by atoms with E-state index >= 15 is 0 Å². The molecule has 3 aromatic rings. The number of carbonyl (C=O) groups excluding carboxylic acids is 3. The fourth-order valence-electron chi connectivity index (χ4n) is 4.51. The van der Waals surface area contributed by atoms with Crippen LogP contribution in [0.5, 0.6) is 0 Å². The fourth-order valence-corrected chi connectivity index (χ4v) is 5.18. The Morgan fingerprint density at radius 1 is 0.974 bits per heavy atom. The molecule has 2 aromatic carbocycles. The summed E-state index contributed by atoms with van der Waals surface area (Å²) in [5, 5.41) is 19.9. The van der Waals surface area contributed by atoms with Crippen LogP contribution in [0.2, 0.25) is 0 Å². The van der Waals surface area contributed by atoms with Gasteiger partial charge in [-0.3, -0.25) is 14.4 Å². The average molecular weight is 536 g/mol. The molecule has 10 heteroatoms. The zero-order chi connectivity index (χ0) is 26.8. The van der Waals surface area contributed by atoms with E-state index < -0.39 is 11.4 Å². The molecule has 4 N–H and O–H groups in total. The molecule has 200 valence electrons. The van der Waals surface area contributed by atoms with Crippen molar-refractivity contribution in [2.24, 2.45) is 5.16 Å². The largest absolute Gasteiger partial charge is 0.385 e. The first-order valence-corrected chi connectivity index (χ1v) is 13.6. The Morgan fingerprint density at radius 3 is 2.53 bits per heavy atom. The molecular formula is C28H33N5O4S. The van der Waals surface area contributed by atoms with E-state index in [0.717, 1.165) is 21.2 Å². The van der Waals surface area contributed by atoms with Crippen molar-refractivity contribution in [3.8, 4) is 0 Å². The number of rotatable bonds is 11. The fraction of sp³-hybridized carbons (Fsp3) is 0.357. The smallest absolute Gasteiger partial charge is 0.261 e. The quantitative estimate of drug-likeness (QED) is 0.171. The van der Waals surface area contributed by atoms with E-state index in [-0.39, 0.29) is 37.9 Å². The van der Waals surface area contributed by atoms with E-state index in [1.54, 1.807) is 0 Å². The topological polar surface area (TPSA) is 121 Å². The van der Waals surface area contributed by atoms with Gasteiger partial charge < -0.3 is 26.1 Å². The third-order valence-electron chi connectivity index (χ3n) is 6.51.